The van der Waals surface area contributed by atoms with Crippen LogP contribution in [0.15, 0.2) is 36.5 Å². The highest BCUT2D eigenvalue weighted by Gasteiger charge is 2.02. The molecule has 0 aromatic carbocycles. The summed E-state index contributed by atoms with van der Waals surface area (Å²) in [7, 11) is 0. The van der Waals surface area contributed by atoms with Crippen LogP contribution in [0.5, 0.6) is 0 Å². The molecule has 1 rings (SSSR count). The molecule has 0 aliphatic rings. The van der Waals surface area contributed by atoms with Crippen molar-refractivity contribution >= 4 is 5.97 Å². The monoisotopic (exact) mass is 205 g/mol. The molecule has 1 heterocycles. The Hall–Kier alpha value is -1.64. The van der Waals surface area contributed by atoms with Crippen LogP contribution < -0.4 is 0 Å². The second-order valence-electron chi connectivity index (χ2n) is 3.34. The van der Waals surface area contributed by atoms with Crippen LogP contribution in [0.3, 0.4) is 0 Å². The number of carbonyl (C=O) groups excluding carboxylic acids is 1. The zero-order chi connectivity index (χ0) is 11.1. The molecule has 15 heavy (non-hydrogen) atoms. The summed E-state index contributed by atoms with van der Waals surface area (Å²) in [6, 6.07) is 5.79. The van der Waals surface area contributed by atoms with E-state index in [1.807, 2.05) is 18.2 Å². The second-order valence-corrected chi connectivity index (χ2v) is 3.34. The van der Waals surface area contributed by atoms with E-state index in [-0.39, 0.29) is 5.97 Å². The van der Waals surface area contributed by atoms with Gasteiger partial charge < -0.3 is 4.74 Å². The molecule has 0 aliphatic carbocycles. The SMILES string of the molecule is C=C(C)C(=O)OCCCc1ccccn1. The number of hydrogen-bond acceptors (Lipinski definition) is 3. The van der Waals surface area contributed by atoms with Crippen LogP contribution in [0.2, 0.25) is 0 Å². The molecule has 3 nitrogen and oxygen atoms in total. The zero-order valence-electron chi connectivity index (χ0n) is 8.90. The lowest BCUT2D eigenvalue weighted by Crippen LogP contribution is -2.07. The standard InChI is InChI=1S/C12H15NO2/c1-10(2)12(14)15-9-5-7-11-6-3-4-8-13-11/h3-4,6,8H,1,5,7,9H2,2H3. The molecule has 3 heteroatoms. The quantitative estimate of drug-likeness (QED) is 0.420. The first-order chi connectivity index (χ1) is 7.20. The zero-order valence-corrected chi connectivity index (χ0v) is 8.90. The molecular weight excluding hydrogens is 190 g/mol. The van der Waals surface area contributed by atoms with Gasteiger partial charge in [0, 0.05) is 17.5 Å². The van der Waals surface area contributed by atoms with Gasteiger partial charge in [0.25, 0.3) is 0 Å². The topological polar surface area (TPSA) is 39.2 Å². The van der Waals surface area contributed by atoms with Gasteiger partial charge in [0.1, 0.15) is 0 Å². The first-order valence-electron chi connectivity index (χ1n) is 4.92. The Kier molecular flexibility index (Phi) is 4.54. The third-order valence-corrected chi connectivity index (χ3v) is 1.89. The van der Waals surface area contributed by atoms with Crippen LogP contribution >= 0.6 is 0 Å². The molecule has 0 fully saturated rings. The molecular formula is C12H15NO2. The first kappa shape index (κ1) is 11.4. The Bertz CT molecular complexity index is 333. The highest BCUT2D eigenvalue weighted by molar-refractivity contribution is 5.86. The van der Waals surface area contributed by atoms with Gasteiger partial charge in [-0.3, -0.25) is 4.98 Å². The maximum atomic E-state index is 11.0. The Morgan fingerprint density at radius 3 is 2.93 bits per heavy atom. The molecule has 0 bridgehead atoms. The maximum Gasteiger partial charge on any atom is 0.333 e. The van der Waals surface area contributed by atoms with E-state index >= 15 is 0 Å². The van der Waals surface area contributed by atoms with Crippen molar-refractivity contribution in [3.63, 3.8) is 0 Å². The summed E-state index contributed by atoms with van der Waals surface area (Å²) in [5, 5.41) is 0. The summed E-state index contributed by atoms with van der Waals surface area (Å²) in [6.45, 7) is 5.56. The van der Waals surface area contributed by atoms with Gasteiger partial charge in [-0.25, -0.2) is 4.79 Å². The number of nitrogens with zero attached hydrogens (tertiary/aromatic N) is 1. The van der Waals surface area contributed by atoms with Gasteiger partial charge in [-0.2, -0.15) is 0 Å². The van der Waals surface area contributed by atoms with Gasteiger partial charge in [0.2, 0.25) is 0 Å². The van der Waals surface area contributed by atoms with E-state index in [0.717, 1.165) is 18.5 Å². The predicted molar refractivity (Wildman–Crippen MR) is 58.3 cm³/mol. The van der Waals surface area contributed by atoms with Crippen molar-refractivity contribution in [2.45, 2.75) is 19.8 Å². The minimum absolute atomic E-state index is 0.323. The third kappa shape index (κ3) is 4.40. The molecule has 80 valence electrons. The van der Waals surface area contributed by atoms with Crippen molar-refractivity contribution in [2.24, 2.45) is 0 Å². The number of esters is 1. The normalized spacial score (nSPS) is 9.67. The van der Waals surface area contributed by atoms with E-state index in [9.17, 15) is 4.79 Å². The molecule has 0 amide bonds. The number of rotatable bonds is 5. The van der Waals surface area contributed by atoms with E-state index in [4.69, 9.17) is 4.74 Å². The number of hydrogen-bond donors (Lipinski definition) is 0. The van der Waals surface area contributed by atoms with E-state index in [1.54, 1.807) is 13.1 Å². The number of pyridine rings is 1. The second kappa shape index (κ2) is 5.96. The molecule has 0 saturated heterocycles. The van der Waals surface area contributed by atoms with Crippen LogP contribution in [0, 0.1) is 0 Å². The summed E-state index contributed by atoms with van der Waals surface area (Å²) < 4.78 is 4.96. The van der Waals surface area contributed by atoms with Crippen LogP contribution in [0.4, 0.5) is 0 Å². The van der Waals surface area contributed by atoms with Gasteiger partial charge in [-0.15, -0.1) is 0 Å². The van der Waals surface area contributed by atoms with Crippen LogP contribution in [-0.2, 0) is 16.0 Å². The van der Waals surface area contributed by atoms with Crippen molar-refractivity contribution in [2.75, 3.05) is 6.61 Å². The molecule has 1 aromatic heterocycles. The van der Waals surface area contributed by atoms with Gasteiger partial charge in [-0.1, -0.05) is 12.6 Å². The molecule has 0 unspecified atom stereocenters. The largest absolute Gasteiger partial charge is 0.462 e. The average Bonchev–Trinajstić information content (AvgIpc) is 2.25. The van der Waals surface area contributed by atoms with Crippen molar-refractivity contribution in [1.29, 1.82) is 0 Å². The van der Waals surface area contributed by atoms with Crippen LogP contribution in [0.25, 0.3) is 0 Å². The van der Waals surface area contributed by atoms with Gasteiger partial charge in [0.15, 0.2) is 0 Å². The molecule has 0 saturated carbocycles. The van der Waals surface area contributed by atoms with Crippen LogP contribution in [0.1, 0.15) is 19.0 Å². The fourth-order valence-corrected chi connectivity index (χ4v) is 1.09. The Morgan fingerprint density at radius 2 is 2.33 bits per heavy atom. The molecule has 1 aromatic rings. The van der Waals surface area contributed by atoms with Crippen molar-refractivity contribution < 1.29 is 9.53 Å². The Labute approximate surface area is 89.8 Å². The smallest absolute Gasteiger partial charge is 0.333 e. The highest BCUT2D eigenvalue weighted by Crippen LogP contribution is 2.00. The number of aromatic nitrogens is 1. The molecule has 0 atom stereocenters. The number of aryl methyl sites for hydroxylation is 1. The fraction of sp³-hybridized carbons (Fsp3) is 0.333. The Balaban J connectivity index is 2.18. The molecule has 0 aliphatic heterocycles. The van der Waals surface area contributed by atoms with Gasteiger partial charge in [-0.05, 0) is 31.9 Å². The lowest BCUT2D eigenvalue weighted by atomic mass is 10.2. The van der Waals surface area contributed by atoms with Gasteiger partial charge in [0.05, 0.1) is 6.61 Å². The van der Waals surface area contributed by atoms with E-state index < -0.39 is 0 Å². The molecule has 0 N–H and O–H groups in total. The predicted octanol–water partition coefficient (Wildman–Crippen LogP) is 2.13. The van der Waals surface area contributed by atoms with Crippen molar-refractivity contribution in [3.8, 4) is 0 Å². The summed E-state index contributed by atoms with van der Waals surface area (Å²) in [4.78, 5) is 15.2. The lowest BCUT2D eigenvalue weighted by Gasteiger charge is -2.03. The lowest BCUT2D eigenvalue weighted by molar-refractivity contribution is -0.139. The molecule has 0 radical (unpaired) electrons. The van der Waals surface area contributed by atoms with E-state index in [2.05, 4.69) is 11.6 Å². The van der Waals surface area contributed by atoms with Gasteiger partial charge >= 0.3 is 5.97 Å². The number of carbonyl (C=O) groups is 1. The molecule has 0 spiro atoms. The first-order valence-corrected chi connectivity index (χ1v) is 4.92. The fourth-order valence-electron chi connectivity index (χ4n) is 1.09. The van der Waals surface area contributed by atoms with E-state index in [0.29, 0.717) is 12.2 Å². The Morgan fingerprint density at radius 1 is 1.53 bits per heavy atom. The maximum absolute atomic E-state index is 11.0. The minimum Gasteiger partial charge on any atom is -0.462 e. The average molecular weight is 205 g/mol. The summed E-state index contributed by atoms with van der Waals surface area (Å²) in [6.07, 6.45) is 3.37. The third-order valence-electron chi connectivity index (χ3n) is 1.89. The van der Waals surface area contributed by atoms with Crippen molar-refractivity contribution in [1.82, 2.24) is 4.98 Å². The summed E-state index contributed by atoms with van der Waals surface area (Å²) in [5.41, 5.74) is 1.46. The number of ether oxygens (including phenoxy) is 1. The van der Waals surface area contributed by atoms with E-state index in [1.165, 1.54) is 0 Å². The van der Waals surface area contributed by atoms with Crippen molar-refractivity contribution in [3.05, 3.63) is 42.2 Å². The van der Waals surface area contributed by atoms with Crippen LogP contribution in [-0.4, -0.2) is 17.6 Å². The summed E-state index contributed by atoms with van der Waals surface area (Å²) >= 11 is 0. The highest BCUT2D eigenvalue weighted by atomic mass is 16.5. The summed E-state index contributed by atoms with van der Waals surface area (Å²) in [5.74, 6) is -0.323. The minimum atomic E-state index is -0.323.